The molecule has 0 aliphatic rings. The lowest BCUT2D eigenvalue weighted by Crippen LogP contribution is -2.23. The van der Waals surface area contributed by atoms with Crippen LogP contribution in [0.2, 0.25) is 0 Å². The van der Waals surface area contributed by atoms with Crippen LogP contribution >= 0.6 is 22.7 Å². The Kier molecular flexibility index (Phi) is 4.97. The second kappa shape index (κ2) is 7.57. The highest BCUT2D eigenvalue weighted by atomic mass is 32.1. The van der Waals surface area contributed by atoms with E-state index in [9.17, 15) is 4.79 Å². The van der Waals surface area contributed by atoms with Crippen molar-refractivity contribution in [1.82, 2.24) is 14.6 Å². The second-order valence-corrected chi connectivity index (χ2v) is 7.95. The molecule has 0 atom stereocenters. The normalized spacial score (nSPS) is 12.3. The summed E-state index contributed by atoms with van der Waals surface area (Å²) >= 11 is 2.95. The van der Waals surface area contributed by atoms with Crippen molar-refractivity contribution in [3.8, 4) is 11.5 Å². The van der Waals surface area contributed by atoms with E-state index in [1.165, 1.54) is 15.9 Å². The van der Waals surface area contributed by atoms with E-state index in [1.807, 2.05) is 48.7 Å². The molecule has 4 aromatic rings. The molecule has 0 saturated heterocycles. The fourth-order valence-electron chi connectivity index (χ4n) is 2.70. The van der Waals surface area contributed by atoms with E-state index >= 15 is 0 Å². The van der Waals surface area contributed by atoms with Crippen molar-refractivity contribution < 1.29 is 9.47 Å². The number of aryl methyl sites for hydroxylation is 1. The lowest BCUT2D eigenvalue weighted by atomic mass is 10.2. The number of benzene rings is 1. The van der Waals surface area contributed by atoms with Crippen molar-refractivity contribution in [3.63, 3.8) is 0 Å². The molecule has 3 heterocycles. The van der Waals surface area contributed by atoms with Crippen molar-refractivity contribution >= 4 is 45.9 Å². The topological polar surface area (TPSA) is 65.7 Å². The van der Waals surface area contributed by atoms with Crippen molar-refractivity contribution in [2.24, 2.45) is 0 Å². The molecule has 0 aliphatic heterocycles. The lowest BCUT2D eigenvalue weighted by molar-refractivity contribution is 0.355. The van der Waals surface area contributed by atoms with E-state index in [1.54, 1.807) is 31.6 Å². The zero-order valence-corrected chi connectivity index (χ0v) is 17.1. The Balaban J connectivity index is 1.64. The van der Waals surface area contributed by atoms with Gasteiger partial charge in [0.15, 0.2) is 17.3 Å². The number of thiophene rings is 1. The van der Waals surface area contributed by atoms with Crippen LogP contribution < -0.4 is 19.6 Å². The van der Waals surface area contributed by atoms with Gasteiger partial charge in [-0.3, -0.25) is 4.79 Å². The molecule has 0 N–H and O–H groups in total. The molecule has 0 spiro atoms. The molecule has 4 rings (SSSR count). The Morgan fingerprint density at radius 2 is 1.93 bits per heavy atom. The average Bonchev–Trinajstić information content (AvgIpc) is 3.37. The number of rotatable bonds is 5. The van der Waals surface area contributed by atoms with Crippen LogP contribution in [0.3, 0.4) is 0 Å². The van der Waals surface area contributed by atoms with E-state index < -0.39 is 0 Å². The molecule has 6 nitrogen and oxygen atoms in total. The van der Waals surface area contributed by atoms with Crippen molar-refractivity contribution in [2.45, 2.75) is 6.92 Å². The zero-order chi connectivity index (χ0) is 19.7. The van der Waals surface area contributed by atoms with Gasteiger partial charge in [0, 0.05) is 4.88 Å². The van der Waals surface area contributed by atoms with Crippen molar-refractivity contribution in [3.05, 3.63) is 66.4 Å². The van der Waals surface area contributed by atoms with Crippen LogP contribution in [0.5, 0.6) is 11.5 Å². The highest BCUT2D eigenvalue weighted by Crippen LogP contribution is 2.28. The minimum atomic E-state index is -0.147. The van der Waals surface area contributed by atoms with Gasteiger partial charge in [0.25, 0.3) is 5.56 Å². The van der Waals surface area contributed by atoms with Gasteiger partial charge in [-0.15, -0.1) is 16.4 Å². The third-order valence-corrected chi connectivity index (χ3v) is 6.12. The highest BCUT2D eigenvalue weighted by molar-refractivity contribution is 7.15. The van der Waals surface area contributed by atoms with Gasteiger partial charge in [0.2, 0.25) is 4.96 Å². The van der Waals surface area contributed by atoms with Crippen LogP contribution in [0.1, 0.15) is 21.8 Å². The van der Waals surface area contributed by atoms with Gasteiger partial charge >= 0.3 is 0 Å². The predicted molar refractivity (Wildman–Crippen MR) is 113 cm³/mol. The zero-order valence-electron chi connectivity index (χ0n) is 15.5. The van der Waals surface area contributed by atoms with E-state index in [2.05, 4.69) is 10.1 Å². The molecular formula is C20H17N3O3S2. The molecule has 1 aromatic carbocycles. The maximum absolute atomic E-state index is 12.6. The minimum absolute atomic E-state index is 0.147. The van der Waals surface area contributed by atoms with Gasteiger partial charge in [-0.05, 0) is 53.8 Å². The Labute approximate surface area is 169 Å². The Bertz CT molecular complexity index is 1280. The summed E-state index contributed by atoms with van der Waals surface area (Å²) in [5, 5.41) is 6.33. The molecule has 0 radical (unpaired) electrons. The summed E-state index contributed by atoms with van der Waals surface area (Å²) in [7, 11) is 3.19. The SMILES string of the molecule is COc1ccc(/C=C/c2nc3s/c(=C\c4sccc4C)c(=O)n3n2)cc1OC. The second-order valence-electron chi connectivity index (χ2n) is 6.00. The summed E-state index contributed by atoms with van der Waals surface area (Å²) in [6.07, 6.45) is 5.55. The molecule has 0 fully saturated rings. The smallest absolute Gasteiger partial charge is 0.291 e. The third-order valence-electron chi connectivity index (χ3n) is 4.19. The largest absolute Gasteiger partial charge is 0.493 e. The summed E-state index contributed by atoms with van der Waals surface area (Å²) < 4.78 is 12.5. The van der Waals surface area contributed by atoms with Crippen LogP contribution in [0.15, 0.2) is 34.4 Å². The highest BCUT2D eigenvalue weighted by Gasteiger charge is 2.10. The average molecular weight is 412 g/mol. The van der Waals surface area contributed by atoms with Crippen LogP contribution in [0, 0.1) is 6.92 Å². The minimum Gasteiger partial charge on any atom is -0.493 e. The van der Waals surface area contributed by atoms with Crippen LogP contribution in [0.25, 0.3) is 23.2 Å². The van der Waals surface area contributed by atoms with E-state index in [4.69, 9.17) is 9.47 Å². The summed E-state index contributed by atoms with van der Waals surface area (Å²) in [6.45, 7) is 2.03. The summed E-state index contributed by atoms with van der Waals surface area (Å²) in [5.41, 5.74) is 1.92. The number of methoxy groups -OCH3 is 2. The quantitative estimate of drug-likeness (QED) is 0.504. The maximum Gasteiger partial charge on any atom is 0.291 e. The van der Waals surface area contributed by atoms with E-state index in [0.717, 1.165) is 16.0 Å². The monoisotopic (exact) mass is 411 g/mol. The maximum atomic E-state index is 12.6. The molecule has 3 aromatic heterocycles. The summed E-state index contributed by atoms with van der Waals surface area (Å²) in [4.78, 5) is 18.7. The van der Waals surface area contributed by atoms with Gasteiger partial charge in [-0.25, -0.2) is 0 Å². The number of hydrogen-bond donors (Lipinski definition) is 0. The number of nitrogens with zero attached hydrogens (tertiary/aromatic N) is 3. The molecule has 0 aliphatic carbocycles. The fourth-order valence-corrected chi connectivity index (χ4v) is 4.53. The first-order valence-corrected chi connectivity index (χ1v) is 10.1. The van der Waals surface area contributed by atoms with Crippen LogP contribution in [0.4, 0.5) is 0 Å². The number of fused-ring (bicyclic) bond motifs is 1. The van der Waals surface area contributed by atoms with Crippen molar-refractivity contribution in [2.75, 3.05) is 14.2 Å². The number of aromatic nitrogens is 3. The number of hydrogen-bond acceptors (Lipinski definition) is 7. The number of ether oxygens (including phenoxy) is 2. The van der Waals surface area contributed by atoms with E-state index in [-0.39, 0.29) is 5.56 Å². The van der Waals surface area contributed by atoms with Crippen LogP contribution in [-0.2, 0) is 0 Å². The van der Waals surface area contributed by atoms with Crippen molar-refractivity contribution in [1.29, 1.82) is 0 Å². The predicted octanol–water partition coefficient (Wildman–Crippen LogP) is 3.26. The molecular weight excluding hydrogens is 394 g/mol. The van der Waals surface area contributed by atoms with E-state index in [0.29, 0.717) is 26.8 Å². The first kappa shape index (κ1) is 18.4. The first-order valence-electron chi connectivity index (χ1n) is 8.44. The molecule has 0 bridgehead atoms. The summed E-state index contributed by atoms with van der Waals surface area (Å²) in [5.74, 6) is 1.80. The fraction of sp³-hybridized carbons (Fsp3) is 0.150. The van der Waals surface area contributed by atoms with Gasteiger partial charge in [-0.2, -0.15) is 9.50 Å². The third kappa shape index (κ3) is 3.44. The Morgan fingerprint density at radius 1 is 1.11 bits per heavy atom. The van der Waals surface area contributed by atoms with Gasteiger partial charge in [0.1, 0.15) is 0 Å². The first-order chi connectivity index (χ1) is 13.6. The lowest BCUT2D eigenvalue weighted by Gasteiger charge is -2.07. The molecule has 142 valence electrons. The molecule has 0 unspecified atom stereocenters. The summed E-state index contributed by atoms with van der Waals surface area (Å²) in [6, 6.07) is 7.64. The molecule has 0 saturated carbocycles. The van der Waals surface area contributed by atoms with Gasteiger partial charge < -0.3 is 9.47 Å². The molecule has 8 heteroatoms. The Morgan fingerprint density at radius 3 is 2.61 bits per heavy atom. The van der Waals surface area contributed by atoms with Gasteiger partial charge in [0.05, 0.1) is 18.8 Å². The van der Waals surface area contributed by atoms with Crippen LogP contribution in [-0.4, -0.2) is 28.8 Å². The Hall–Kier alpha value is -2.97. The standard InChI is InChI=1S/C20H17N3O3S2/c1-12-8-9-27-16(12)11-17-19(24)23-20(28-17)21-18(22-23)7-5-13-4-6-14(25-2)15(10-13)26-3/h4-11H,1-3H3/b7-5+,17-11-. The van der Waals surface area contributed by atoms with Gasteiger partial charge in [-0.1, -0.05) is 23.5 Å². The molecule has 28 heavy (non-hydrogen) atoms. The molecule has 0 amide bonds. The number of thiazole rings is 1.